The molecule has 6 atom stereocenters. The van der Waals surface area contributed by atoms with E-state index >= 15 is 0 Å². The van der Waals surface area contributed by atoms with Crippen molar-refractivity contribution in [3.8, 4) is 0 Å². The number of aliphatic hydroxyl groups is 2. The maximum atomic E-state index is 13.3. The number of nitrogens with one attached hydrogen (secondary N) is 1. The molecular weight excluding hydrogens is 448 g/mol. The molecule has 0 saturated heterocycles. The van der Waals surface area contributed by atoms with Crippen LogP contribution in [-0.4, -0.2) is 45.4 Å². The molecule has 5 heteroatoms. The Morgan fingerprint density at radius 2 is 1.78 bits per heavy atom. The van der Waals surface area contributed by atoms with Gasteiger partial charge in [0, 0.05) is 18.0 Å². The molecule has 5 rings (SSSR count). The van der Waals surface area contributed by atoms with Crippen molar-refractivity contribution in [1.29, 1.82) is 0 Å². The van der Waals surface area contributed by atoms with E-state index in [1.165, 1.54) is 11.1 Å². The Labute approximate surface area is 216 Å². The number of carbonyl (C=O) groups is 1. The van der Waals surface area contributed by atoms with E-state index in [0.717, 1.165) is 44.1 Å². The van der Waals surface area contributed by atoms with Gasteiger partial charge < -0.3 is 20.4 Å². The summed E-state index contributed by atoms with van der Waals surface area (Å²) in [7, 11) is 0. The van der Waals surface area contributed by atoms with E-state index in [2.05, 4.69) is 31.3 Å². The Kier molecular flexibility index (Phi) is 6.61. The number of benzene rings is 1. The minimum Gasteiger partial charge on any atom is -0.393 e. The van der Waals surface area contributed by atoms with Crippen LogP contribution in [0.25, 0.3) is 0 Å². The zero-order chi connectivity index (χ0) is 25.7. The van der Waals surface area contributed by atoms with Gasteiger partial charge in [-0.05, 0) is 81.6 Å². The highest BCUT2D eigenvalue weighted by Gasteiger charge is 2.62. The standard InChI is InChI=1S/C31H44N2O3/c1-21(2)32-28(35)33(19-22-8-6-5-7-9-22)20-31(36)17-14-27-25-11-10-23-18-24(34)12-15-29(23,3)26(25)13-16-30(27,31)4/h5-11,21,24,26-27,34,36H,12-20H2,1-4H3,(H,32,35). The number of hydrogen-bond donors (Lipinski definition) is 3. The van der Waals surface area contributed by atoms with Gasteiger partial charge in [0.2, 0.25) is 0 Å². The van der Waals surface area contributed by atoms with Crippen LogP contribution in [0.1, 0.15) is 78.2 Å². The highest BCUT2D eigenvalue weighted by Crippen LogP contribution is 2.66. The second-order valence-corrected chi connectivity index (χ2v) is 12.8. The Morgan fingerprint density at radius 3 is 2.50 bits per heavy atom. The van der Waals surface area contributed by atoms with E-state index in [1.807, 2.05) is 49.1 Å². The van der Waals surface area contributed by atoms with Crippen LogP contribution >= 0.6 is 0 Å². The van der Waals surface area contributed by atoms with Gasteiger partial charge in [0.25, 0.3) is 0 Å². The van der Waals surface area contributed by atoms with Crippen molar-refractivity contribution in [1.82, 2.24) is 10.2 Å². The number of carbonyl (C=O) groups excluding carboxylic acids is 1. The first kappa shape index (κ1) is 25.5. The number of aliphatic hydroxyl groups excluding tert-OH is 1. The van der Waals surface area contributed by atoms with E-state index in [1.54, 1.807) is 0 Å². The third-order valence-electron chi connectivity index (χ3n) is 10.2. The molecule has 3 saturated carbocycles. The number of nitrogens with zero attached hydrogens (tertiary/aromatic N) is 1. The topological polar surface area (TPSA) is 72.8 Å². The second-order valence-electron chi connectivity index (χ2n) is 12.8. The third kappa shape index (κ3) is 4.22. The lowest BCUT2D eigenvalue weighted by molar-refractivity contribution is -0.0973. The van der Waals surface area contributed by atoms with Crippen LogP contribution in [0, 0.1) is 22.7 Å². The molecule has 0 radical (unpaired) electrons. The number of hydrogen-bond acceptors (Lipinski definition) is 3. The fraction of sp³-hybridized carbons (Fsp3) is 0.645. The highest BCUT2D eigenvalue weighted by molar-refractivity contribution is 5.74. The fourth-order valence-electron chi connectivity index (χ4n) is 8.01. The van der Waals surface area contributed by atoms with Crippen LogP contribution in [0.5, 0.6) is 0 Å². The summed E-state index contributed by atoms with van der Waals surface area (Å²) in [5, 5.41) is 25.6. The second kappa shape index (κ2) is 9.33. The maximum absolute atomic E-state index is 13.3. The smallest absolute Gasteiger partial charge is 0.317 e. The molecule has 4 aliphatic carbocycles. The zero-order valence-electron chi connectivity index (χ0n) is 22.5. The zero-order valence-corrected chi connectivity index (χ0v) is 22.5. The number of urea groups is 1. The first-order valence-electron chi connectivity index (χ1n) is 14.0. The normalized spacial score (nSPS) is 37.4. The summed E-state index contributed by atoms with van der Waals surface area (Å²) in [6, 6.07) is 10.0. The molecule has 2 amide bonds. The molecule has 1 aromatic rings. The van der Waals surface area contributed by atoms with Gasteiger partial charge >= 0.3 is 6.03 Å². The summed E-state index contributed by atoms with van der Waals surface area (Å²) in [4.78, 5) is 15.1. The summed E-state index contributed by atoms with van der Waals surface area (Å²) in [6.45, 7) is 9.46. The molecule has 3 fully saturated rings. The maximum Gasteiger partial charge on any atom is 0.317 e. The Balaban J connectivity index is 1.42. The molecular formula is C31H44N2O3. The molecule has 0 aliphatic heterocycles. The van der Waals surface area contributed by atoms with Crippen LogP contribution in [0.3, 0.4) is 0 Å². The first-order valence-corrected chi connectivity index (χ1v) is 14.0. The number of allylic oxidation sites excluding steroid dienone is 3. The van der Waals surface area contributed by atoms with E-state index in [0.29, 0.717) is 31.3 Å². The van der Waals surface area contributed by atoms with Crippen molar-refractivity contribution < 1.29 is 15.0 Å². The lowest BCUT2D eigenvalue weighted by Crippen LogP contribution is -2.57. The van der Waals surface area contributed by atoms with Gasteiger partial charge in [-0.15, -0.1) is 0 Å². The molecule has 6 unspecified atom stereocenters. The monoisotopic (exact) mass is 492 g/mol. The van der Waals surface area contributed by atoms with Gasteiger partial charge in [-0.25, -0.2) is 4.79 Å². The van der Waals surface area contributed by atoms with Crippen LogP contribution in [-0.2, 0) is 6.54 Å². The third-order valence-corrected chi connectivity index (χ3v) is 10.2. The van der Waals surface area contributed by atoms with Crippen molar-refractivity contribution in [3.05, 3.63) is 59.2 Å². The Hall–Kier alpha value is -2.11. The van der Waals surface area contributed by atoms with Crippen LogP contribution < -0.4 is 5.32 Å². The molecule has 1 aromatic carbocycles. The Morgan fingerprint density at radius 1 is 1.06 bits per heavy atom. The number of fused-ring (bicyclic) bond motifs is 5. The van der Waals surface area contributed by atoms with Gasteiger partial charge in [0.05, 0.1) is 18.2 Å². The van der Waals surface area contributed by atoms with Gasteiger partial charge in [-0.3, -0.25) is 0 Å². The largest absolute Gasteiger partial charge is 0.393 e. The highest BCUT2D eigenvalue weighted by atomic mass is 16.3. The minimum absolute atomic E-state index is 0.0379. The van der Waals surface area contributed by atoms with Crippen molar-refractivity contribution in [3.63, 3.8) is 0 Å². The molecule has 196 valence electrons. The summed E-state index contributed by atoms with van der Waals surface area (Å²) in [5.74, 6) is 0.824. The van der Waals surface area contributed by atoms with Crippen molar-refractivity contribution in [2.75, 3.05) is 6.54 Å². The van der Waals surface area contributed by atoms with Gasteiger partial charge in [0.15, 0.2) is 0 Å². The van der Waals surface area contributed by atoms with E-state index in [9.17, 15) is 15.0 Å². The van der Waals surface area contributed by atoms with Crippen molar-refractivity contribution >= 4 is 6.03 Å². The first-order chi connectivity index (χ1) is 17.1. The lowest BCUT2D eigenvalue weighted by atomic mass is 9.50. The predicted molar refractivity (Wildman–Crippen MR) is 143 cm³/mol. The summed E-state index contributed by atoms with van der Waals surface area (Å²) in [5.41, 5.74) is 2.92. The van der Waals surface area contributed by atoms with E-state index in [-0.39, 0.29) is 29.0 Å². The molecule has 4 aliphatic rings. The molecule has 0 heterocycles. The molecule has 0 spiro atoms. The van der Waals surface area contributed by atoms with Gasteiger partial charge in [-0.2, -0.15) is 0 Å². The SMILES string of the molecule is CC(C)NC(=O)N(Cc1ccccc1)CC1(O)CCC2C3=CC=C4CC(O)CCC4(C)C3CCC21C. The molecule has 36 heavy (non-hydrogen) atoms. The van der Waals surface area contributed by atoms with Crippen LogP contribution in [0.4, 0.5) is 4.79 Å². The summed E-state index contributed by atoms with van der Waals surface area (Å²) in [6.07, 6.45) is 10.8. The van der Waals surface area contributed by atoms with Crippen LogP contribution in [0.15, 0.2) is 53.6 Å². The average molecular weight is 493 g/mol. The lowest BCUT2D eigenvalue weighted by Gasteiger charge is -2.56. The molecule has 5 nitrogen and oxygen atoms in total. The average Bonchev–Trinajstić information content (AvgIpc) is 3.10. The number of amides is 2. The van der Waals surface area contributed by atoms with Gasteiger partial charge in [0.1, 0.15) is 0 Å². The summed E-state index contributed by atoms with van der Waals surface area (Å²) < 4.78 is 0. The van der Waals surface area contributed by atoms with Crippen LogP contribution in [0.2, 0.25) is 0 Å². The molecule has 0 aromatic heterocycles. The van der Waals surface area contributed by atoms with E-state index in [4.69, 9.17) is 0 Å². The Bertz CT molecular complexity index is 1050. The fourth-order valence-corrected chi connectivity index (χ4v) is 8.01. The van der Waals surface area contributed by atoms with Gasteiger partial charge in [-0.1, -0.05) is 67.5 Å². The summed E-state index contributed by atoms with van der Waals surface area (Å²) >= 11 is 0. The number of rotatable bonds is 5. The van der Waals surface area contributed by atoms with Crippen molar-refractivity contribution in [2.45, 2.75) is 96.9 Å². The minimum atomic E-state index is -0.930. The quantitative estimate of drug-likeness (QED) is 0.502. The molecule has 0 bridgehead atoms. The molecule has 3 N–H and O–H groups in total. The predicted octanol–water partition coefficient (Wildman–Crippen LogP) is 5.58. The van der Waals surface area contributed by atoms with E-state index < -0.39 is 5.60 Å². The van der Waals surface area contributed by atoms with Crippen molar-refractivity contribution in [2.24, 2.45) is 22.7 Å².